The van der Waals surface area contributed by atoms with Gasteiger partial charge in [0.15, 0.2) is 5.78 Å². The number of amides is 1. The van der Waals surface area contributed by atoms with E-state index in [1.54, 1.807) is 12.1 Å². The first-order valence-corrected chi connectivity index (χ1v) is 10.1. The molecule has 4 rings (SSSR count). The average Bonchev–Trinajstić information content (AvgIpc) is 3.24. The van der Waals surface area contributed by atoms with Crippen molar-refractivity contribution in [1.29, 1.82) is 0 Å². The number of nitrogens with zero attached hydrogens (tertiary/aromatic N) is 1. The summed E-state index contributed by atoms with van der Waals surface area (Å²) < 4.78 is 18.4. The highest BCUT2D eigenvalue weighted by Gasteiger charge is 2.25. The van der Waals surface area contributed by atoms with E-state index in [4.69, 9.17) is 4.74 Å². The number of halogens is 1. The number of ketones is 1. The molecule has 0 bridgehead atoms. The number of carbonyl (C=O) groups is 2. The lowest BCUT2D eigenvalue weighted by atomic mass is 9.89. The van der Waals surface area contributed by atoms with Crippen LogP contribution in [0.25, 0.3) is 10.9 Å². The van der Waals surface area contributed by atoms with Crippen molar-refractivity contribution in [2.75, 3.05) is 31.6 Å². The molecule has 30 heavy (non-hydrogen) atoms. The molecule has 0 atom stereocenters. The smallest absolute Gasteiger partial charge is 0.411 e. The van der Waals surface area contributed by atoms with E-state index in [1.807, 2.05) is 30.5 Å². The second-order valence-corrected chi connectivity index (χ2v) is 7.50. The molecule has 2 aromatic carbocycles. The third kappa shape index (κ3) is 4.68. The van der Waals surface area contributed by atoms with Crippen LogP contribution in [-0.4, -0.2) is 48.0 Å². The largest absolute Gasteiger partial charge is 0.448 e. The fraction of sp³-hybridized carbons (Fsp3) is 0.304. The first-order valence-electron chi connectivity index (χ1n) is 10.1. The van der Waals surface area contributed by atoms with Gasteiger partial charge in [0.25, 0.3) is 0 Å². The zero-order chi connectivity index (χ0) is 20.9. The highest BCUT2D eigenvalue weighted by molar-refractivity contribution is 5.98. The molecule has 2 N–H and O–H groups in total. The Morgan fingerprint density at radius 3 is 2.63 bits per heavy atom. The summed E-state index contributed by atoms with van der Waals surface area (Å²) in [7, 11) is 0. The first-order chi connectivity index (χ1) is 14.6. The van der Waals surface area contributed by atoms with E-state index >= 15 is 0 Å². The third-order valence-corrected chi connectivity index (χ3v) is 5.55. The van der Waals surface area contributed by atoms with Gasteiger partial charge >= 0.3 is 6.09 Å². The molecular weight excluding hydrogens is 385 g/mol. The summed E-state index contributed by atoms with van der Waals surface area (Å²) in [6.45, 7) is 2.44. The van der Waals surface area contributed by atoms with Crippen LogP contribution in [0.3, 0.4) is 0 Å². The topological polar surface area (TPSA) is 74.4 Å². The Bertz CT molecular complexity index is 1020. The fourth-order valence-corrected chi connectivity index (χ4v) is 3.87. The van der Waals surface area contributed by atoms with E-state index in [-0.39, 0.29) is 24.1 Å². The molecule has 0 saturated carbocycles. The zero-order valence-electron chi connectivity index (χ0n) is 16.6. The van der Waals surface area contributed by atoms with Crippen molar-refractivity contribution in [3.63, 3.8) is 0 Å². The van der Waals surface area contributed by atoms with E-state index in [0.29, 0.717) is 17.8 Å². The molecular formula is C23H24FN3O3. The van der Waals surface area contributed by atoms with Gasteiger partial charge in [-0.15, -0.1) is 0 Å². The second kappa shape index (κ2) is 9.09. The second-order valence-electron chi connectivity index (χ2n) is 7.50. The summed E-state index contributed by atoms with van der Waals surface area (Å²) in [5.74, 6) is -0.309. The molecule has 1 fully saturated rings. The summed E-state index contributed by atoms with van der Waals surface area (Å²) in [6, 6.07) is 13.3. The average molecular weight is 409 g/mol. The van der Waals surface area contributed by atoms with Crippen molar-refractivity contribution in [2.45, 2.75) is 12.8 Å². The Kier molecular flexibility index (Phi) is 6.09. The number of anilines is 1. The Labute approximate surface area is 174 Å². The van der Waals surface area contributed by atoms with Gasteiger partial charge in [-0.25, -0.2) is 9.18 Å². The minimum Gasteiger partial charge on any atom is -0.448 e. The number of hydrogen-bond donors (Lipinski definition) is 2. The maximum absolute atomic E-state index is 13.0. The monoisotopic (exact) mass is 409 g/mol. The van der Waals surface area contributed by atoms with Crippen molar-refractivity contribution < 1.29 is 18.7 Å². The first kappa shape index (κ1) is 20.1. The number of ether oxygens (including phenoxy) is 1. The number of carbonyl (C=O) groups excluding carboxylic acids is 2. The summed E-state index contributed by atoms with van der Waals surface area (Å²) in [6.07, 6.45) is 2.83. The molecule has 1 aliphatic heterocycles. The molecule has 0 spiro atoms. The van der Waals surface area contributed by atoms with Crippen molar-refractivity contribution >= 4 is 28.5 Å². The SMILES string of the molecule is O=C(Nc1cccc2cc[nH]c12)OCCN1CCC(C(=O)c2ccc(F)cc2)CC1. The van der Waals surface area contributed by atoms with Gasteiger partial charge in [0.05, 0.1) is 11.2 Å². The van der Waals surface area contributed by atoms with Crippen molar-refractivity contribution in [2.24, 2.45) is 5.92 Å². The van der Waals surface area contributed by atoms with Crippen LogP contribution >= 0.6 is 0 Å². The summed E-state index contributed by atoms with van der Waals surface area (Å²) in [4.78, 5) is 29.9. The standard InChI is InChI=1S/C23H24FN3O3/c24-19-6-4-17(5-7-19)22(28)18-9-12-27(13-10-18)14-15-30-23(29)26-20-3-1-2-16-8-11-25-21(16)20/h1-8,11,18,25H,9-10,12-15H2,(H,26,29). The minimum absolute atomic E-state index is 0.0442. The number of H-pyrrole nitrogens is 1. The van der Waals surface area contributed by atoms with Crippen LogP contribution in [0.15, 0.2) is 54.7 Å². The molecule has 156 valence electrons. The zero-order valence-corrected chi connectivity index (χ0v) is 16.6. The Hall–Kier alpha value is -3.19. The highest BCUT2D eigenvalue weighted by atomic mass is 19.1. The lowest BCUT2D eigenvalue weighted by Gasteiger charge is -2.31. The number of likely N-dealkylation sites (tertiary alicyclic amines) is 1. The molecule has 0 unspecified atom stereocenters. The number of piperidine rings is 1. The molecule has 2 heterocycles. The van der Waals surface area contributed by atoms with Gasteiger partial charge in [0.2, 0.25) is 0 Å². The maximum Gasteiger partial charge on any atom is 0.411 e. The molecule has 1 saturated heterocycles. The molecule has 0 radical (unpaired) electrons. The van der Waals surface area contributed by atoms with Crippen LogP contribution < -0.4 is 5.32 Å². The quantitative estimate of drug-likeness (QED) is 0.590. The normalized spacial score (nSPS) is 15.2. The lowest BCUT2D eigenvalue weighted by molar-refractivity contribution is 0.0813. The molecule has 0 aliphatic carbocycles. The van der Waals surface area contributed by atoms with E-state index < -0.39 is 6.09 Å². The van der Waals surface area contributed by atoms with Crippen LogP contribution in [0.1, 0.15) is 23.2 Å². The maximum atomic E-state index is 13.0. The third-order valence-electron chi connectivity index (χ3n) is 5.55. The lowest BCUT2D eigenvalue weighted by Crippen LogP contribution is -2.38. The Morgan fingerprint density at radius 1 is 1.10 bits per heavy atom. The van der Waals surface area contributed by atoms with Crippen LogP contribution in [0.5, 0.6) is 0 Å². The number of fused-ring (bicyclic) bond motifs is 1. The number of Topliss-reactive ketones (excluding diaryl/α,β-unsaturated/α-hetero) is 1. The number of hydrogen-bond acceptors (Lipinski definition) is 4. The van der Waals surface area contributed by atoms with E-state index in [2.05, 4.69) is 15.2 Å². The van der Waals surface area contributed by atoms with Crippen molar-refractivity contribution in [3.8, 4) is 0 Å². The van der Waals surface area contributed by atoms with Crippen LogP contribution in [0.4, 0.5) is 14.9 Å². The molecule has 6 nitrogen and oxygen atoms in total. The van der Waals surface area contributed by atoms with Gasteiger partial charge in [0.1, 0.15) is 12.4 Å². The Balaban J connectivity index is 1.19. The minimum atomic E-state index is -0.488. The van der Waals surface area contributed by atoms with Gasteiger partial charge in [-0.05, 0) is 62.3 Å². The molecule has 7 heteroatoms. The van der Waals surface area contributed by atoms with E-state index in [0.717, 1.165) is 36.8 Å². The number of benzene rings is 2. The fourth-order valence-electron chi connectivity index (χ4n) is 3.87. The summed E-state index contributed by atoms with van der Waals surface area (Å²) in [5.41, 5.74) is 2.11. The van der Waals surface area contributed by atoms with Crippen LogP contribution in [0.2, 0.25) is 0 Å². The predicted octanol–water partition coefficient (Wildman–Crippen LogP) is 4.45. The molecule has 1 amide bonds. The number of rotatable bonds is 6. The van der Waals surface area contributed by atoms with Crippen LogP contribution in [-0.2, 0) is 4.74 Å². The van der Waals surface area contributed by atoms with Gasteiger partial charge in [0, 0.05) is 29.6 Å². The number of nitrogens with one attached hydrogen (secondary N) is 2. The highest BCUT2D eigenvalue weighted by Crippen LogP contribution is 2.23. The van der Waals surface area contributed by atoms with Crippen LogP contribution in [0, 0.1) is 11.7 Å². The van der Waals surface area contributed by atoms with E-state index in [9.17, 15) is 14.0 Å². The van der Waals surface area contributed by atoms with Gasteiger partial charge in [-0.3, -0.25) is 15.0 Å². The van der Waals surface area contributed by atoms with Crippen molar-refractivity contribution in [3.05, 3.63) is 66.1 Å². The van der Waals surface area contributed by atoms with Gasteiger partial charge in [-0.2, -0.15) is 0 Å². The molecule has 3 aromatic rings. The number of aromatic nitrogens is 1. The van der Waals surface area contributed by atoms with E-state index in [1.165, 1.54) is 12.1 Å². The van der Waals surface area contributed by atoms with Gasteiger partial charge < -0.3 is 9.72 Å². The summed E-state index contributed by atoms with van der Waals surface area (Å²) >= 11 is 0. The molecule has 1 aliphatic rings. The van der Waals surface area contributed by atoms with Gasteiger partial charge in [-0.1, -0.05) is 12.1 Å². The number of para-hydroxylation sites is 1. The Morgan fingerprint density at radius 2 is 1.87 bits per heavy atom. The van der Waals surface area contributed by atoms with Crippen molar-refractivity contribution in [1.82, 2.24) is 9.88 Å². The summed E-state index contributed by atoms with van der Waals surface area (Å²) in [5, 5.41) is 3.79. The predicted molar refractivity (Wildman–Crippen MR) is 113 cm³/mol. The molecule has 1 aromatic heterocycles. The number of aromatic amines is 1.